The first kappa shape index (κ1) is 26.4. The number of aromatic nitrogens is 2. The van der Waals surface area contributed by atoms with Gasteiger partial charge in [-0.2, -0.15) is 36.5 Å². The molecular weight excluding hydrogens is 624 g/mol. The third-order valence-electron chi connectivity index (χ3n) is 4.26. The fourth-order valence-corrected chi connectivity index (χ4v) is 2.61. The van der Waals surface area contributed by atoms with Crippen molar-refractivity contribution in [1.29, 1.82) is 0 Å². The topological polar surface area (TPSA) is 44.6 Å². The van der Waals surface area contributed by atoms with E-state index in [1.165, 1.54) is 11.1 Å². The minimum Gasteiger partial charge on any atom is -0.493 e. The van der Waals surface area contributed by atoms with Crippen molar-refractivity contribution < 1.29 is 43.0 Å². The molecule has 0 amide bonds. The van der Waals surface area contributed by atoms with Crippen LogP contribution in [0.2, 0.25) is 0 Å². The maximum absolute atomic E-state index is 13.3. The summed E-state index contributed by atoms with van der Waals surface area (Å²) in [6.07, 6.45) is -0.369. The van der Waals surface area contributed by atoms with E-state index in [1.807, 2.05) is 13.0 Å². The molecule has 0 bridgehead atoms. The van der Waals surface area contributed by atoms with Gasteiger partial charge in [0.15, 0.2) is 0 Å². The Morgan fingerprint density at radius 3 is 2.39 bits per heavy atom. The maximum atomic E-state index is 13.3. The number of benzene rings is 1. The Kier molecular flexibility index (Phi) is 9.05. The molecule has 0 fully saturated rings. The normalized spacial score (nSPS) is 12.8. The van der Waals surface area contributed by atoms with Gasteiger partial charge in [0.2, 0.25) is 0 Å². The van der Waals surface area contributed by atoms with Gasteiger partial charge in [-0.25, -0.2) is 8.78 Å². The zero-order chi connectivity index (χ0) is 23.3. The van der Waals surface area contributed by atoms with Crippen LogP contribution in [0.5, 0.6) is 0 Å². The number of rotatable bonds is 3. The fourth-order valence-electron chi connectivity index (χ4n) is 2.61. The molecule has 0 radical (unpaired) electrons. The van der Waals surface area contributed by atoms with Crippen LogP contribution in [0, 0.1) is 30.7 Å². The molecule has 4 rings (SSSR count). The van der Waals surface area contributed by atoms with E-state index < -0.39 is 23.6 Å². The number of hydrogen-bond acceptors (Lipinski definition) is 5. The standard InChI is InChI=1S/C12H9F2N2.C10H8F3N3.Pt/c1-2-8-5-6-15-10(7-8)9-3-4-11(13)16-12(9)14;1-15-6-14-16(7-15)9-4-2-8(3-5-9)10(11,12)13;/h4-7H,2H2,1H3;2-4,6-7H,1H3;/q-1;-2;. The molecule has 3 aromatic rings. The summed E-state index contributed by atoms with van der Waals surface area (Å²) in [5, 5.41) is 5.39. The molecule has 33 heavy (non-hydrogen) atoms. The van der Waals surface area contributed by atoms with Crippen LogP contribution >= 0.6 is 0 Å². The van der Waals surface area contributed by atoms with Gasteiger partial charge < -0.3 is 14.9 Å². The summed E-state index contributed by atoms with van der Waals surface area (Å²) in [7, 11) is 1.77. The minimum atomic E-state index is -4.33. The summed E-state index contributed by atoms with van der Waals surface area (Å²) < 4.78 is 62.8. The van der Waals surface area contributed by atoms with Gasteiger partial charge in [0.25, 0.3) is 0 Å². The Hall–Kier alpha value is -2.87. The Labute approximate surface area is 202 Å². The zero-order valence-corrected chi connectivity index (χ0v) is 19.6. The Bertz CT molecular complexity index is 1090. The molecule has 1 aliphatic rings. The van der Waals surface area contributed by atoms with E-state index in [0.717, 1.165) is 30.2 Å². The van der Waals surface area contributed by atoms with Crippen LogP contribution in [-0.4, -0.2) is 28.3 Å². The number of pyridine rings is 2. The molecule has 0 atom stereocenters. The largest absolute Gasteiger partial charge is 0.493 e. The number of hydrogen-bond donors (Lipinski definition) is 0. The smallest absolute Gasteiger partial charge is 0.370 e. The van der Waals surface area contributed by atoms with Crippen molar-refractivity contribution in [2.45, 2.75) is 19.5 Å². The van der Waals surface area contributed by atoms with Crippen LogP contribution < -0.4 is 5.01 Å². The van der Waals surface area contributed by atoms with Gasteiger partial charge in [0.1, 0.15) is 11.9 Å². The number of alkyl halides is 3. The third kappa shape index (κ3) is 7.05. The average Bonchev–Trinajstić information content (AvgIpc) is 3.20. The molecule has 3 heterocycles. The number of aryl methyl sites for hydroxylation is 1. The first-order valence-corrected chi connectivity index (χ1v) is 9.35. The number of anilines is 1. The van der Waals surface area contributed by atoms with Crippen LogP contribution in [0.3, 0.4) is 0 Å². The van der Waals surface area contributed by atoms with Gasteiger partial charge >= 0.3 is 6.18 Å². The van der Waals surface area contributed by atoms with Crippen LogP contribution in [0.1, 0.15) is 18.1 Å². The first-order valence-electron chi connectivity index (χ1n) is 9.35. The summed E-state index contributed by atoms with van der Waals surface area (Å²) in [6.45, 7) is 3.63. The van der Waals surface area contributed by atoms with E-state index in [1.54, 1.807) is 37.2 Å². The SMILES string of the molecule is CCc1ccnc(-c2[c-]cc(F)nc2F)c1.CN1C=NN(c2[c-]cc(C(F)(F)F)cc2)[CH-]1.[Pt]. The molecule has 5 nitrogen and oxygen atoms in total. The Morgan fingerprint density at radius 1 is 1.09 bits per heavy atom. The summed E-state index contributed by atoms with van der Waals surface area (Å²) in [5.74, 6) is -1.77. The van der Waals surface area contributed by atoms with Gasteiger partial charge in [-0.3, -0.25) is 4.98 Å². The molecule has 0 aliphatic carbocycles. The fraction of sp³-hybridized carbons (Fsp3) is 0.182. The van der Waals surface area contributed by atoms with Crippen LogP contribution in [0.15, 0.2) is 47.7 Å². The third-order valence-corrected chi connectivity index (χ3v) is 4.26. The van der Waals surface area contributed by atoms with Crippen LogP contribution in [0.4, 0.5) is 27.6 Å². The Morgan fingerprint density at radius 2 is 1.85 bits per heavy atom. The van der Waals surface area contributed by atoms with Crippen molar-refractivity contribution in [2.24, 2.45) is 5.10 Å². The van der Waals surface area contributed by atoms with Gasteiger partial charge in [-0.15, -0.1) is 18.8 Å². The first-order chi connectivity index (χ1) is 15.2. The average molecular weight is 641 g/mol. The molecule has 1 aliphatic heterocycles. The Balaban J connectivity index is 0.000000227. The second-order valence-corrected chi connectivity index (χ2v) is 6.61. The quantitative estimate of drug-likeness (QED) is 0.227. The van der Waals surface area contributed by atoms with Gasteiger partial charge in [-0.05, 0) is 25.2 Å². The van der Waals surface area contributed by atoms with E-state index in [0.29, 0.717) is 11.4 Å². The summed E-state index contributed by atoms with van der Waals surface area (Å²) in [5.41, 5.74) is 1.30. The van der Waals surface area contributed by atoms with E-state index >= 15 is 0 Å². The van der Waals surface area contributed by atoms with Crippen LogP contribution in [0.25, 0.3) is 11.3 Å². The second kappa shape index (κ2) is 11.3. The predicted molar refractivity (Wildman–Crippen MR) is 109 cm³/mol. The minimum absolute atomic E-state index is 0. The zero-order valence-electron chi connectivity index (χ0n) is 17.3. The van der Waals surface area contributed by atoms with Crippen LogP contribution in [-0.2, 0) is 33.7 Å². The maximum Gasteiger partial charge on any atom is 0.370 e. The van der Waals surface area contributed by atoms with Gasteiger partial charge in [-0.1, -0.05) is 41.4 Å². The second-order valence-electron chi connectivity index (χ2n) is 6.61. The van der Waals surface area contributed by atoms with Crippen molar-refractivity contribution in [3.05, 3.63) is 84.4 Å². The molecule has 0 spiro atoms. The molecule has 11 heteroatoms. The van der Waals surface area contributed by atoms with Gasteiger partial charge in [0, 0.05) is 27.3 Å². The summed E-state index contributed by atoms with van der Waals surface area (Å²) in [6, 6.07) is 12.9. The van der Waals surface area contributed by atoms with Crippen molar-refractivity contribution in [1.82, 2.24) is 14.9 Å². The molecule has 178 valence electrons. The number of halogens is 5. The number of nitrogens with zero attached hydrogens (tertiary/aromatic N) is 5. The summed E-state index contributed by atoms with van der Waals surface area (Å²) in [4.78, 5) is 8.80. The monoisotopic (exact) mass is 641 g/mol. The molecule has 0 saturated heterocycles. The van der Waals surface area contributed by atoms with Crippen molar-refractivity contribution in [3.63, 3.8) is 0 Å². The van der Waals surface area contributed by atoms with E-state index in [2.05, 4.69) is 27.2 Å². The molecule has 0 unspecified atom stereocenters. The predicted octanol–water partition coefficient (Wildman–Crippen LogP) is 5.10. The molecular formula is C22H17F5N5Pt-3. The van der Waals surface area contributed by atoms with Crippen molar-refractivity contribution >= 4 is 12.0 Å². The molecule has 0 N–H and O–H groups in total. The van der Waals surface area contributed by atoms with Crippen molar-refractivity contribution in [3.8, 4) is 11.3 Å². The van der Waals surface area contributed by atoms with Gasteiger partial charge in [0.05, 0.1) is 6.34 Å². The summed E-state index contributed by atoms with van der Waals surface area (Å²) >= 11 is 0. The molecule has 2 aromatic heterocycles. The van der Waals surface area contributed by atoms with E-state index in [-0.39, 0.29) is 26.6 Å². The van der Waals surface area contributed by atoms with E-state index in [4.69, 9.17) is 0 Å². The van der Waals surface area contributed by atoms with E-state index in [9.17, 15) is 22.0 Å². The van der Waals surface area contributed by atoms with Crippen molar-refractivity contribution in [2.75, 3.05) is 12.1 Å². The molecule has 0 saturated carbocycles. The number of hydrazone groups is 1. The molecule has 1 aromatic carbocycles.